The minimum Gasteiger partial charge on any atom is -0.356 e. The van der Waals surface area contributed by atoms with Gasteiger partial charge in [0.2, 0.25) is 29.5 Å². The summed E-state index contributed by atoms with van der Waals surface area (Å²) >= 11 is 0. The van der Waals surface area contributed by atoms with E-state index in [2.05, 4.69) is 46.1 Å². The number of allylic oxidation sites excluding steroid dienone is 4. The van der Waals surface area contributed by atoms with E-state index in [4.69, 9.17) is 22.9 Å². The fraction of sp³-hybridized carbons (Fsp3) is 0.780. The molecule has 0 saturated carbocycles. The van der Waals surface area contributed by atoms with E-state index in [1.807, 2.05) is 23.1 Å². The van der Waals surface area contributed by atoms with Crippen molar-refractivity contribution in [2.45, 2.75) is 135 Å². The summed E-state index contributed by atoms with van der Waals surface area (Å²) in [6.07, 6.45) is 20.0. The molecule has 2 atom stereocenters. The van der Waals surface area contributed by atoms with Crippen LogP contribution in [0.5, 0.6) is 0 Å². The van der Waals surface area contributed by atoms with E-state index in [0.717, 1.165) is 44.9 Å². The number of carbonyl (C=O) groups excluding carboxylic acids is 5. The van der Waals surface area contributed by atoms with Crippen molar-refractivity contribution in [3.63, 3.8) is 0 Å². The maximum absolute atomic E-state index is 13.9. The summed E-state index contributed by atoms with van der Waals surface area (Å²) in [5, 5.41) is 11.8. The molecule has 0 heterocycles. The number of nitrogens with two attached hydrogens (primary N) is 4. The van der Waals surface area contributed by atoms with Gasteiger partial charge in [-0.2, -0.15) is 0 Å². The molecule has 56 heavy (non-hydrogen) atoms. The maximum Gasteiger partial charge on any atom is 0.236 e. The molecule has 5 amide bonds. The van der Waals surface area contributed by atoms with Gasteiger partial charge in [0.05, 0.1) is 18.6 Å². The Morgan fingerprint density at radius 2 is 0.964 bits per heavy atom. The molecule has 0 unspecified atom stereocenters. The van der Waals surface area contributed by atoms with Crippen LogP contribution in [-0.2, 0) is 24.0 Å². The van der Waals surface area contributed by atoms with Crippen LogP contribution in [0.25, 0.3) is 0 Å². The third-order valence-corrected chi connectivity index (χ3v) is 9.21. The molecule has 0 aromatic rings. The molecule has 0 fully saturated rings. The molecule has 0 aliphatic carbocycles. The number of unbranched alkanes of at least 4 members (excludes halogenated alkanes) is 3. The Kier molecular flexibility index (Phi) is 35.0. The highest BCUT2D eigenvalue weighted by atomic mass is 16.2. The summed E-state index contributed by atoms with van der Waals surface area (Å²) in [7, 11) is 0. The number of carbonyl (C=O) groups is 5. The Hall–Kier alpha value is -3.37. The topological polar surface area (TPSA) is 244 Å². The van der Waals surface area contributed by atoms with Gasteiger partial charge in [-0.3, -0.25) is 28.9 Å². The van der Waals surface area contributed by atoms with Gasteiger partial charge < -0.3 is 49.1 Å². The fourth-order valence-electron chi connectivity index (χ4n) is 5.82. The van der Waals surface area contributed by atoms with E-state index in [9.17, 15) is 24.0 Å². The van der Waals surface area contributed by atoms with Crippen LogP contribution in [0.3, 0.4) is 0 Å². The first-order valence-corrected chi connectivity index (χ1v) is 21.4. The first-order valence-electron chi connectivity index (χ1n) is 21.4. The number of rotatable bonds is 37. The minimum absolute atomic E-state index is 0.0112. The predicted molar refractivity (Wildman–Crippen MR) is 227 cm³/mol. The lowest BCUT2D eigenvalue weighted by atomic mass is 10.1. The van der Waals surface area contributed by atoms with Crippen molar-refractivity contribution in [2.75, 3.05) is 72.0 Å². The monoisotopic (exact) mass is 793 g/mol. The summed E-state index contributed by atoms with van der Waals surface area (Å²) in [4.78, 5) is 67.3. The number of hydrogen-bond acceptors (Lipinski definition) is 10. The van der Waals surface area contributed by atoms with Crippen molar-refractivity contribution in [1.29, 1.82) is 0 Å². The van der Waals surface area contributed by atoms with Crippen LogP contribution >= 0.6 is 0 Å². The van der Waals surface area contributed by atoms with Crippen LogP contribution in [0.2, 0.25) is 0 Å². The molecule has 0 radical (unpaired) electrons. The Balaban J connectivity index is 5.41. The average molecular weight is 793 g/mol. The normalized spacial score (nSPS) is 12.6. The van der Waals surface area contributed by atoms with Crippen molar-refractivity contribution in [2.24, 2.45) is 22.9 Å². The summed E-state index contributed by atoms with van der Waals surface area (Å²) in [5.74, 6) is -0.428. The van der Waals surface area contributed by atoms with Crippen LogP contribution in [0.15, 0.2) is 24.3 Å². The third kappa shape index (κ3) is 30.8. The first kappa shape index (κ1) is 52.6. The SMILES string of the molecule is CCC=CCCC(=O)NCCCCN(CCCNC(=O)CCC=CCC)C(=O)CN(CCCNC(=O)[C@@H](N)CCCCN)CCCNC(=O)[C@@H](N)CCCCN. The number of nitrogens with zero attached hydrogens (tertiary/aromatic N) is 2. The lowest BCUT2D eigenvalue weighted by Crippen LogP contribution is -2.45. The first-order chi connectivity index (χ1) is 27.1. The zero-order valence-corrected chi connectivity index (χ0v) is 35.0. The van der Waals surface area contributed by atoms with Crippen LogP contribution in [0.4, 0.5) is 0 Å². The fourth-order valence-corrected chi connectivity index (χ4v) is 5.82. The zero-order chi connectivity index (χ0) is 41.7. The minimum atomic E-state index is -0.586. The van der Waals surface area contributed by atoms with Crippen molar-refractivity contribution in [3.8, 4) is 0 Å². The van der Waals surface area contributed by atoms with E-state index >= 15 is 0 Å². The molecule has 0 aromatic carbocycles. The highest BCUT2D eigenvalue weighted by Crippen LogP contribution is 2.05. The Morgan fingerprint density at radius 1 is 0.536 bits per heavy atom. The van der Waals surface area contributed by atoms with Crippen LogP contribution in [-0.4, -0.2) is 123 Å². The van der Waals surface area contributed by atoms with E-state index in [-0.39, 0.29) is 36.1 Å². The average Bonchev–Trinajstić information content (AvgIpc) is 3.18. The second-order valence-corrected chi connectivity index (χ2v) is 14.3. The Morgan fingerprint density at radius 3 is 1.43 bits per heavy atom. The molecule has 15 nitrogen and oxygen atoms in total. The van der Waals surface area contributed by atoms with Gasteiger partial charge in [0.15, 0.2) is 0 Å². The van der Waals surface area contributed by atoms with Crippen molar-refractivity contribution in [1.82, 2.24) is 31.1 Å². The quantitative estimate of drug-likeness (QED) is 0.0336. The standard InChI is InChI=1S/C41H80N10O5/c1-3-5-7-9-22-37(52)46-26-15-16-32-51(33-19-27-47-38(53)23-10-8-6-4-2)39(54)34-50(30-17-28-48-40(55)35(44)20-11-13-24-42)31-18-29-49-41(56)36(45)21-12-14-25-43/h5-8,35-36H,3-4,9-34,42-45H2,1-2H3,(H,46,52)(H,47,53)(H,48,55)(H,49,56)/t35-,36-/m0/s1. The summed E-state index contributed by atoms with van der Waals surface area (Å²) in [6, 6.07) is -1.17. The van der Waals surface area contributed by atoms with Gasteiger partial charge in [-0.25, -0.2) is 0 Å². The van der Waals surface area contributed by atoms with Crippen LogP contribution < -0.4 is 44.2 Å². The van der Waals surface area contributed by atoms with Crippen molar-refractivity contribution < 1.29 is 24.0 Å². The van der Waals surface area contributed by atoms with Gasteiger partial charge in [-0.15, -0.1) is 0 Å². The third-order valence-electron chi connectivity index (χ3n) is 9.21. The van der Waals surface area contributed by atoms with Gasteiger partial charge in [0, 0.05) is 65.2 Å². The molecule has 0 aliphatic rings. The Bertz CT molecular complexity index is 1070. The van der Waals surface area contributed by atoms with Crippen molar-refractivity contribution in [3.05, 3.63) is 24.3 Å². The molecular weight excluding hydrogens is 713 g/mol. The lowest BCUT2D eigenvalue weighted by molar-refractivity contribution is -0.133. The number of hydrogen-bond donors (Lipinski definition) is 8. The summed E-state index contributed by atoms with van der Waals surface area (Å²) in [6.45, 7) is 9.36. The van der Waals surface area contributed by atoms with Gasteiger partial charge in [-0.1, -0.05) is 51.0 Å². The highest BCUT2D eigenvalue weighted by molar-refractivity contribution is 5.82. The molecule has 0 saturated heterocycles. The van der Waals surface area contributed by atoms with Crippen LogP contribution in [0.1, 0.15) is 123 Å². The molecule has 0 rings (SSSR count). The largest absolute Gasteiger partial charge is 0.356 e. The predicted octanol–water partition coefficient (Wildman–Crippen LogP) is 1.94. The van der Waals surface area contributed by atoms with E-state index in [1.165, 1.54) is 0 Å². The molecule has 0 spiro atoms. The molecule has 0 bridgehead atoms. The molecule has 324 valence electrons. The Labute approximate surface area is 338 Å². The van der Waals surface area contributed by atoms with Gasteiger partial charge >= 0.3 is 0 Å². The van der Waals surface area contributed by atoms with E-state index in [0.29, 0.717) is 130 Å². The molecular formula is C41H80N10O5. The van der Waals surface area contributed by atoms with Crippen molar-refractivity contribution >= 4 is 29.5 Å². The number of amides is 5. The van der Waals surface area contributed by atoms with E-state index < -0.39 is 12.1 Å². The van der Waals surface area contributed by atoms with E-state index in [1.54, 1.807) is 0 Å². The molecule has 15 heteroatoms. The van der Waals surface area contributed by atoms with Gasteiger partial charge in [0.1, 0.15) is 0 Å². The van der Waals surface area contributed by atoms with Crippen LogP contribution in [0, 0.1) is 0 Å². The second-order valence-electron chi connectivity index (χ2n) is 14.3. The summed E-state index contributed by atoms with van der Waals surface area (Å²) in [5.41, 5.74) is 23.2. The van der Waals surface area contributed by atoms with Gasteiger partial charge in [0.25, 0.3) is 0 Å². The summed E-state index contributed by atoms with van der Waals surface area (Å²) < 4.78 is 0. The lowest BCUT2D eigenvalue weighted by Gasteiger charge is -2.28. The second kappa shape index (κ2) is 37.2. The zero-order valence-electron chi connectivity index (χ0n) is 35.0. The van der Waals surface area contributed by atoms with Gasteiger partial charge in [-0.05, 0) is 96.6 Å². The smallest absolute Gasteiger partial charge is 0.236 e. The number of nitrogens with one attached hydrogen (secondary N) is 4. The highest BCUT2D eigenvalue weighted by Gasteiger charge is 2.19. The molecule has 0 aromatic heterocycles. The molecule has 12 N–H and O–H groups in total. The molecule has 0 aliphatic heterocycles. The maximum atomic E-state index is 13.9.